The molecule has 18 heavy (non-hydrogen) atoms. The highest BCUT2D eigenvalue weighted by molar-refractivity contribution is 6.68. The molecule has 6 rings (SSSR count). The monoisotopic (exact) mass is 243 g/mol. The van der Waals surface area contributed by atoms with Gasteiger partial charge in [-0.25, -0.2) is 0 Å². The van der Waals surface area contributed by atoms with Crippen LogP contribution in [0.4, 0.5) is 0 Å². The van der Waals surface area contributed by atoms with Gasteiger partial charge in [-0.3, -0.25) is 0 Å². The summed E-state index contributed by atoms with van der Waals surface area (Å²) in [5.74, 6) is 0.592. The Hall–Kier alpha value is -1.60. The fourth-order valence-electron chi connectivity index (χ4n) is 3.84. The van der Waals surface area contributed by atoms with E-state index >= 15 is 0 Å². The van der Waals surface area contributed by atoms with E-state index in [4.69, 9.17) is 6.92 Å². The van der Waals surface area contributed by atoms with Gasteiger partial charge in [-0.15, -0.1) is 0 Å². The SMILES string of the molecule is [CH]c1c2c3c(-c4ccccc4)c4c1C4C3=C(C)[SiH]2. The van der Waals surface area contributed by atoms with Crippen LogP contribution in [0.15, 0.2) is 35.5 Å². The molecule has 0 amide bonds. The zero-order valence-corrected chi connectivity index (χ0v) is 11.3. The molecule has 1 unspecified atom stereocenters. The van der Waals surface area contributed by atoms with Crippen LogP contribution in [0.3, 0.4) is 0 Å². The van der Waals surface area contributed by atoms with Crippen LogP contribution < -0.4 is 5.19 Å². The molecule has 0 saturated carbocycles. The van der Waals surface area contributed by atoms with Crippen molar-refractivity contribution in [1.29, 1.82) is 0 Å². The van der Waals surface area contributed by atoms with Gasteiger partial charge in [0.1, 0.15) is 0 Å². The summed E-state index contributed by atoms with van der Waals surface area (Å²) in [6.45, 7) is 8.61. The van der Waals surface area contributed by atoms with Crippen LogP contribution in [0.5, 0.6) is 0 Å². The van der Waals surface area contributed by atoms with Crippen LogP contribution in [0, 0.1) is 6.92 Å². The van der Waals surface area contributed by atoms with E-state index in [0.717, 1.165) is 5.56 Å². The van der Waals surface area contributed by atoms with Crippen LogP contribution in [0.25, 0.3) is 16.7 Å². The number of allylic oxidation sites excluding steroid dienone is 2. The Kier molecular flexibility index (Phi) is 1.40. The molecule has 3 aliphatic carbocycles. The van der Waals surface area contributed by atoms with Gasteiger partial charge in [0, 0.05) is 5.92 Å². The topological polar surface area (TPSA) is 0 Å². The molecule has 3 radical (unpaired) electrons. The van der Waals surface area contributed by atoms with E-state index < -0.39 is 0 Å². The third kappa shape index (κ3) is 0.812. The van der Waals surface area contributed by atoms with Gasteiger partial charge in [-0.05, 0) is 58.0 Å². The molecule has 1 heteroatoms. The summed E-state index contributed by atoms with van der Waals surface area (Å²) in [5.41, 5.74) is 10.1. The zero-order valence-electron chi connectivity index (χ0n) is 10.1. The highest BCUT2D eigenvalue weighted by Gasteiger charge is 2.53. The fourth-order valence-corrected chi connectivity index (χ4v) is 5.49. The van der Waals surface area contributed by atoms with Gasteiger partial charge in [0.05, 0.1) is 9.52 Å². The molecule has 0 fully saturated rings. The van der Waals surface area contributed by atoms with Gasteiger partial charge < -0.3 is 0 Å². The minimum absolute atomic E-state index is 0.274. The Bertz CT molecular complexity index is 766. The molecule has 2 aromatic rings. The van der Waals surface area contributed by atoms with Crippen LogP contribution >= 0.6 is 0 Å². The Balaban J connectivity index is 1.92. The molecular weight excluding hydrogens is 232 g/mol. The molecule has 0 spiro atoms. The number of hydrogen-bond acceptors (Lipinski definition) is 0. The lowest BCUT2D eigenvalue weighted by molar-refractivity contribution is 1.33. The summed E-state index contributed by atoms with van der Waals surface area (Å²) >= 11 is 0. The number of rotatable bonds is 1. The maximum atomic E-state index is 6.31. The molecule has 0 nitrogen and oxygen atoms in total. The zero-order chi connectivity index (χ0) is 12.0. The summed E-state index contributed by atoms with van der Waals surface area (Å²) in [7, 11) is 0.274. The maximum absolute atomic E-state index is 6.31. The lowest BCUT2D eigenvalue weighted by Crippen LogP contribution is -2.18. The Morgan fingerprint density at radius 3 is 2.61 bits per heavy atom. The van der Waals surface area contributed by atoms with Crippen molar-refractivity contribution in [2.45, 2.75) is 12.8 Å². The minimum Gasteiger partial charge on any atom is -0.0793 e. The van der Waals surface area contributed by atoms with Gasteiger partial charge in [-0.1, -0.05) is 35.5 Å². The summed E-state index contributed by atoms with van der Waals surface area (Å²) in [6.07, 6.45) is 0. The quantitative estimate of drug-likeness (QED) is 0.676. The first-order chi connectivity index (χ1) is 8.79. The highest BCUT2D eigenvalue weighted by atomic mass is 28.2. The third-order valence-electron chi connectivity index (χ3n) is 4.56. The Labute approximate surface area is 109 Å². The maximum Gasteiger partial charge on any atom is 0.0990 e. The molecule has 1 aliphatic heterocycles. The molecule has 0 saturated heterocycles. The van der Waals surface area contributed by atoms with Gasteiger partial charge in [0.15, 0.2) is 0 Å². The second-order valence-electron chi connectivity index (χ2n) is 5.44. The molecule has 0 N–H and O–H groups in total. The average Bonchev–Trinajstić information content (AvgIpc) is 2.91. The normalized spacial score (nSPS) is 20.9. The van der Waals surface area contributed by atoms with Crippen molar-refractivity contribution >= 4 is 20.3 Å². The van der Waals surface area contributed by atoms with Gasteiger partial charge in [-0.2, -0.15) is 0 Å². The van der Waals surface area contributed by atoms with Crippen molar-refractivity contribution in [3.05, 3.63) is 64.7 Å². The first-order valence-corrected chi connectivity index (χ1v) is 7.55. The summed E-state index contributed by atoms with van der Waals surface area (Å²) in [6, 6.07) is 10.8. The highest BCUT2D eigenvalue weighted by Crippen LogP contribution is 2.67. The van der Waals surface area contributed by atoms with Gasteiger partial charge in [0.25, 0.3) is 0 Å². The second kappa shape index (κ2) is 2.70. The number of benzene rings is 2. The van der Waals surface area contributed by atoms with Crippen molar-refractivity contribution in [2.75, 3.05) is 0 Å². The van der Waals surface area contributed by atoms with E-state index in [1.54, 1.807) is 10.8 Å². The number of hydrogen-bond donors (Lipinski definition) is 0. The van der Waals surface area contributed by atoms with Crippen LogP contribution in [-0.4, -0.2) is 9.52 Å². The first-order valence-electron chi connectivity index (χ1n) is 6.39. The third-order valence-corrected chi connectivity index (χ3v) is 6.19. The van der Waals surface area contributed by atoms with Gasteiger partial charge >= 0.3 is 0 Å². The summed E-state index contributed by atoms with van der Waals surface area (Å²) < 4.78 is 0. The molecule has 1 heterocycles. The standard InChI is InChI=1S/C17H11Si/c1-8-11-14-12-9(2)18-17(8)16(12)13(15(11)14)10-6-4-3-5-7-10/h1,3-7,14,18H,2H3. The van der Waals surface area contributed by atoms with E-state index in [1.807, 2.05) is 0 Å². The largest absolute Gasteiger partial charge is 0.0990 e. The van der Waals surface area contributed by atoms with Crippen LogP contribution in [0.2, 0.25) is 0 Å². The molecule has 1 atom stereocenters. The predicted octanol–water partition coefficient (Wildman–Crippen LogP) is 2.68. The van der Waals surface area contributed by atoms with Crippen molar-refractivity contribution in [3.8, 4) is 11.1 Å². The lowest BCUT2D eigenvalue weighted by atomic mass is 9.92. The fraction of sp³-hybridized carbons (Fsp3) is 0.118. The Morgan fingerprint density at radius 1 is 1.06 bits per heavy atom. The average molecular weight is 243 g/mol. The van der Waals surface area contributed by atoms with E-state index in [2.05, 4.69) is 37.3 Å². The van der Waals surface area contributed by atoms with Crippen LogP contribution in [0.1, 0.15) is 35.1 Å². The van der Waals surface area contributed by atoms with Crippen LogP contribution in [-0.2, 0) is 0 Å². The van der Waals surface area contributed by atoms with E-state index in [-0.39, 0.29) is 9.52 Å². The summed E-state index contributed by atoms with van der Waals surface area (Å²) in [4.78, 5) is 0. The Morgan fingerprint density at radius 2 is 1.83 bits per heavy atom. The van der Waals surface area contributed by atoms with Crippen molar-refractivity contribution in [3.63, 3.8) is 0 Å². The van der Waals surface area contributed by atoms with Gasteiger partial charge in [0.2, 0.25) is 0 Å². The molecule has 83 valence electrons. The molecular formula is C17H11Si. The lowest BCUT2D eigenvalue weighted by Gasteiger charge is -2.13. The minimum atomic E-state index is 0.274. The second-order valence-corrected chi connectivity index (χ2v) is 7.18. The van der Waals surface area contributed by atoms with Crippen molar-refractivity contribution in [1.82, 2.24) is 0 Å². The summed E-state index contributed by atoms with van der Waals surface area (Å²) in [5, 5.41) is 3.10. The molecule has 0 aromatic heterocycles. The van der Waals surface area contributed by atoms with E-state index in [1.165, 1.54) is 33.0 Å². The molecule has 4 aliphatic rings. The molecule has 6 bridgehead atoms. The van der Waals surface area contributed by atoms with Crippen molar-refractivity contribution in [2.24, 2.45) is 0 Å². The first kappa shape index (κ1) is 9.34. The van der Waals surface area contributed by atoms with Crippen molar-refractivity contribution < 1.29 is 0 Å². The predicted molar refractivity (Wildman–Crippen MR) is 76.5 cm³/mol. The smallest absolute Gasteiger partial charge is 0.0793 e. The van der Waals surface area contributed by atoms with E-state index in [9.17, 15) is 0 Å². The van der Waals surface area contributed by atoms with E-state index in [0.29, 0.717) is 5.92 Å². The molecule has 2 aromatic carbocycles.